The third-order valence-electron chi connectivity index (χ3n) is 8.71. The molecule has 10 nitrogen and oxygen atoms in total. The third-order valence-corrected chi connectivity index (χ3v) is 9.47. The van der Waals surface area contributed by atoms with Gasteiger partial charge in [0.15, 0.2) is 5.82 Å². The summed E-state index contributed by atoms with van der Waals surface area (Å²) in [6.45, 7) is 8.49. The van der Waals surface area contributed by atoms with Gasteiger partial charge in [0.05, 0.1) is 29.3 Å². The zero-order valence-corrected chi connectivity index (χ0v) is 22.4. The molecule has 0 radical (unpaired) electrons. The maximum atomic E-state index is 13.3. The normalized spacial score (nSPS) is 24.1. The van der Waals surface area contributed by atoms with Gasteiger partial charge in [-0.2, -0.15) is 10.1 Å². The molecule has 7 rings (SSSR count). The van der Waals surface area contributed by atoms with Crippen LogP contribution in [0.5, 0.6) is 0 Å². The van der Waals surface area contributed by atoms with E-state index >= 15 is 0 Å². The zero-order chi connectivity index (χ0) is 26.2. The average molecular weight is 532 g/mol. The van der Waals surface area contributed by atoms with Gasteiger partial charge in [-0.1, -0.05) is 37.2 Å². The van der Waals surface area contributed by atoms with Crippen LogP contribution in [0.1, 0.15) is 60.5 Å². The number of carbonyl (C=O) groups is 2. The van der Waals surface area contributed by atoms with E-state index < -0.39 is 0 Å². The molecule has 1 aromatic carbocycles. The Labute approximate surface area is 223 Å². The summed E-state index contributed by atoms with van der Waals surface area (Å²) in [6, 6.07) is 7.76. The van der Waals surface area contributed by atoms with Gasteiger partial charge in [0.25, 0.3) is 11.8 Å². The minimum Gasteiger partial charge on any atom is -0.341 e. The van der Waals surface area contributed by atoms with E-state index in [2.05, 4.69) is 29.1 Å². The molecular formula is C27H29N7O3S. The first kappa shape index (κ1) is 23.5. The van der Waals surface area contributed by atoms with Crippen molar-refractivity contribution < 1.29 is 14.1 Å². The number of para-hydroxylation sites is 1. The Balaban J connectivity index is 1.16. The van der Waals surface area contributed by atoms with E-state index in [-0.39, 0.29) is 40.5 Å². The van der Waals surface area contributed by atoms with Crippen molar-refractivity contribution in [1.82, 2.24) is 34.7 Å². The Bertz CT molecular complexity index is 1530. The lowest BCUT2D eigenvalue weighted by Gasteiger charge is -2.50. The molecule has 5 heterocycles. The average Bonchev–Trinajstić information content (AvgIpc) is 3.52. The molecule has 2 unspecified atom stereocenters. The van der Waals surface area contributed by atoms with Crippen molar-refractivity contribution in [2.75, 3.05) is 26.2 Å². The van der Waals surface area contributed by atoms with Crippen LogP contribution in [0.25, 0.3) is 10.9 Å². The highest BCUT2D eigenvalue weighted by Crippen LogP contribution is 2.55. The number of aromatic nitrogens is 5. The first-order chi connectivity index (χ1) is 18.3. The molecule has 2 aliphatic heterocycles. The van der Waals surface area contributed by atoms with Crippen molar-refractivity contribution in [2.45, 2.75) is 39.2 Å². The number of nitrogens with zero attached hydrogens (tertiary/aromatic N) is 7. The van der Waals surface area contributed by atoms with Crippen LogP contribution in [-0.4, -0.2) is 72.7 Å². The van der Waals surface area contributed by atoms with E-state index in [0.29, 0.717) is 42.8 Å². The zero-order valence-electron chi connectivity index (χ0n) is 21.6. The Morgan fingerprint density at radius 1 is 1.13 bits per heavy atom. The van der Waals surface area contributed by atoms with Crippen LogP contribution in [0.15, 0.2) is 46.7 Å². The largest absolute Gasteiger partial charge is 0.341 e. The Kier molecular flexibility index (Phi) is 5.07. The fourth-order valence-corrected chi connectivity index (χ4v) is 6.81. The highest BCUT2D eigenvalue weighted by atomic mass is 32.1. The number of thiazole rings is 1. The molecule has 0 bridgehead atoms. The van der Waals surface area contributed by atoms with Gasteiger partial charge in [0, 0.05) is 42.9 Å². The second kappa shape index (κ2) is 8.20. The van der Waals surface area contributed by atoms with E-state index in [9.17, 15) is 9.59 Å². The summed E-state index contributed by atoms with van der Waals surface area (Å²) in [5, 5.41) is 10.00. The van der Waals surface area contributed by atoms with E-state index in [4.69, 9.17) is 9.51 Å². The molecule has 3 aromatic heterocycles. The van der Waals surface area contributed by atoms with Crippen LogP contribution in [0.3, 0.4) is 0 Å². The molecule has 1 aliphatic carbocycles. The number of rotatable bonds is 5. The van der Waals surface area contributed by atoms with E-state index in [0.717, 1.165) is 17.3 Å². The highest BCUT2D eigenvalue weighted by molar-refractivity contribution is 7.11. The molecule has 1 saturated carbocycles. The molecule has 3 atom stereocenters. The van der Waals surface area contributed by atoms with Crippen molar-refractivity contribution in [3.8, 4) is 0 Å². The lowest BCUT2D eigenvalue weighted by Crippen LogP contribution is -2.62. The van der Waals surface area contributed by atoms with Gasteiger partial charge in [-0.3, -0.25) is 19.3 Å². The molecule has 2 amide bonds. The summed E-state index contributed by atoms with van der Waals surface area (Å²) in [4.78, 5) is 39.7. The van der Waals surface area contributed by atoms with Gasteiger partial charge in [-0.15, -0.1) is 11.3 Å². The molecule has 3 fully saturated rings. The van der Waals surface area contributed by atoms with Crippen molar-refractivity contribution in [3.05, 3.63) is 58.8 Å². The summed E-state index contributed by atoms with van der Waals surface area (Å²) in [7, 11) is 0. The minimum atomic E-state index is -0.294. The maximum absolute atomic E-state index is 13.3. The lowest BCUT2D eigenvalue weighted by molar-refractivity contribution is -0.145. The summed E-state index contributed by atoms with van der Waals surface area (Å²) >= 11 is 1.34. The van der Waals surface area contributed by atoms with Crippen molar-refractivity contribution >= 4 is 34.1 Å². The predicted molar refractivity (Wildman–Crippen MR) is 140 cm³/mol. The first-order valence-corrected chi connectivity index (χ1v) is 13.9. The van der Waals surface area contributed by atoms with Gasteiger partial charge < -0.3 is 14.3 Å². The molecular weight excluding hydrogens is 502 g/mol. The van der Waals surface area contributed by atoms with Gasteiger partial charge in [-0.05, 0) is 24.8 Å². The van der Waals surface area contributed by atoms with Gasteiger partial charge >= 0.3 is 0 Å². The number of likely N-dealkylation sites (tertiary alicyclic amines) is 2. The monoisotopic (exact) mass is 531 g/mol. The minimum absolute atomic E-state index is 0.0393. The van der Waals surface area contributed by atoms with Crippen LogP contribution < -0.4 is 0 Å². The van der Waals surface area contributed by atoms with E-state index in [1.165, 1.54) is 11.3 Å². The van der Waals surface area contributed by atoms with E-state index in [1.807, 2.05) is 51.9 Å². The molecule has 2 saturated heterocycles. The Morgan fingerprint density at radius 2 is 1.89 bits per heavy atom. The van der Waals surface area contributed by atoms with E-state index in [1.54, 1.807) is 11.7 Å². The van der Waals surface area contributed by atoms with Gasteiger partial charge in [0.1, 0.15) is 10.9 Å². The topological polar surface area (TPSA) is 110 Å². The molecule has 4 aromatic rings. The van der Waals surface area contributed by atoms with Crippen molar-refractivity contribution in [2.24, 2.45) is 16.7 Å². The first-order valence-electron chi connectivity index (χ1n) is 13.0. The fraction of sp³-hybridized carbons (Fsp3) is 0.481. The number of benzene rings is 1. The van der Waals surface area contributed by atoms with Crippen LogP contribution in [0.2, 0.25) is 0 Å². The maximum Gasteiger partial charge on any atom is 0.265 e. The van der Waals surface area contributed by atoms with Crippen LogP contribution in [0.4, 0.5) is 0 Å². The highest BCUT2D eigenvalue weighted by Gasteiger charge is 2.61. The Morgan fingerprint density at radius 3 is 2.63 bits per heavy atom. The summed E-state index contributed by atoms with van der Waals surface area (Å²) < 4.78 is 7.66. The smallest absolute Gasteiger partial charge is 0.265 e. The number of carbonyl (C=O) groups excluding carboxylic acids is 2. The molecule has 3 aliphatic rings. The SMILES string of the molecule is CC(c1nc(C2CN(C(=O)c3cncs3)CC23CN(C(=O)[C@H]2CC2(C)C)C3)no1)n1ncc2ccccc21. The van der Waals surface area contributed by atoms with Gasteiger partial charge in [0.2, 0.25) is 5.91 Å². The summed E-state index contributed by atoms with van der Waals surface area (Å²) in [5.41, 5.74) is 2.45. The molecule has 196 valence electrons. The second-order valence-corrected chi connectivity index (χ2v) is 12.6. The Hall–Kier alpha value is -3.60. The number of amides is 2. The van der Waals surface area contributed by atoms with Crippen molar-refractivity contribution in [3.63, 3.8) is 0 Å². The quantitative estimate of drug-likeness (QED) is 0.387. The van der Waals surface area contributed by atoms with Crippen molar-refractivity contribution in [1.29, 1.82) is 0 Å². The predicted octanol–water partition coefficient (Wildman–Crippen LogP) is 3.60. The standard InChI is InChI=1S/C27H29N7O3S/c1-16(34-20-7-5-4-6-17(20)9-29-34)23-30-22(31-37-23)19-11-32(25(36)21-10-28-15-38-21)12-27(19)13-33(14-27)24(35)18-8-26(18,2)3/h4-7,9-10,15-16,18-19H,8,11-14H2,1-3H3/t16?,18-,19?/m1/s1. The molecule has 11 heteroatoms. The fourth-order valence-electron chi connectivity index (χ4n) is 6.22. The number of hydrogen-bond donors (Lipinski definition) is 0. The second-order valence-electron chi connectivity index (χ2n) is 11.7. The molecule has 1 spiro atoms. The number of hydrogen-bond acceptors (Lipinski definition) is 8. The number of fused-ring (bicyclic) bond motifs is 1. The van der Waals surface area contributed by atoms with Crippen LogP contribution in [0, 0.1) is 16.7 Å². The van der Waals surface area contributed by atoms with Gasteiger partial charge in [-0.25, -0.2) is 0 Å². The third kappa shape index (κ3) is 3.58. The summed E-state index contributed by atoms with van der Waals surface area (Å²) in [5.74, 6) is 1.21. The van der Waals surface area contributed by atoms with Crippen LogP contribution in [-0.2, 0) is 4.79 Å². The molecule has 0 N–H and O–H groups in total. The molecule has 38 heavy (non-hydrogen) atoms. The lowest BCUT2D eigenvalue weighted by atomic mass is 9.71. The summed E-state index contributed by atoms with van der Waals surface area (Å²) in [6.07, 6.45) is 4.38. The van der Waals surface area contributed by atoms with Crippen LogP contribution >= 0.6 is 11.3 Å².